The van der Waals surface area contributed by atoms with Crippen LogP contribution in [0.5, 0.6) is 0 Å². The zero-order chi connectivity index (χ0) is 10.6. The van der Waals surface area contributed by atoms with Crippen LogP contribution < -0.4 is 5.32 Å². The van der Waals surface area contributed by atoms with Crippen molar-refractivity contribution in [3.8, 4) is 6.07 Å². The Balaban J connectivity index is 2.89. The lowest BCUT2D eigenvalue weighted by molar-refractivity contribution is 0.688. The average Bonchev–Trinajstić information content (AvgIpc) is 2.15. The first-order chi connectivity index (χ1) is 6.65. The predicted molar refractivity (Wildman–Crippen MR) is 57.3 cm³/mol. The highest BCUT2D eigenvalue weighted by Gasteiger charge is 2.06. The van der Waals surface area contributed by atoms with E-state index in [1.807, 2.05) is 0 Å². The quantitative estimate of drug-likeness (QED) is 0.833. The van der Waals surface area contributed by atoms with Crippen LogP contribution in [0, 0.1) is 17.2 Å². The first-order valence-corrected chi connectivity index (χ1v) is 4.80. The van der Waals surface area contributed by atoms with E-state index in [0.29, 0.717) is 22.2 Å². The molecule has 1 aromatic heterocycles. The molecule has 0 saturated carbocycles. The highest BCUT2D eigenvalue weighted by molar-refractivity contribution is 6.33. The van der Waals surface area contributed by atoms with Crippen LogP contribution in [-0.2, 0) is 0 Å². The fraction of sp³-hybridized carbons (Fsp3) is 0.400. The minimum Gasteiger partial charge on any atom is -0.382 e. The van der Waals surface area contributed by atoms with Crippen molar-refractivity contribution < 1.29 is 0 Å². The summed E-state index contributed by atoms with van der Waals surface area (Å²) in [6, 6.07) is 2.05. The summed E-state index contributed by atoms with van der Waals surface area (Å²) in [5.74, 6) is 0.505. The van der Waals surface area contributed by atoms with Crippen molar-refractivity contribution >= 4 is 17.3 Å². The zero-order valence-electron chi connectivity index (χ0n) is 8.21. The third-order valence-electron chi connectivity index (χ3n) is 1.71. The Morgan fingerprint density at radius 1 is 1.57 bits per heavy atom. The molecule has 0 aromatic carbocycles. The van der Waals surface area contributed by atoms with E-state index < -0.39 is 0 Å². The molecule has 0 amide bonds. The smallest absolute Gasteiger partial charge is 0.103 e. The maximum Gasteiger partial charge on any atom is 0.103 e. The van der Waals surface area contributed by atoms with Crippen molar-refractivity contribution in [2.45, 2.75) is 13.8 Å². The molecule has 0 aliphatic carbocycles. The van der Waals surface area contributed by atoms with Gasteiger partial charge in [-0.3, -0.25) is 4.98 Å². The molecule has 14 heavy (non-hydrogen) atoms. The van der Waals surface area contributed by atoms with Gasteiger partial charge in [0.25, 0.3) is 0 Å². The molecule has 1 N–H and O–H groups in total. The Bertz CT molecular complexity index is 355. The topological polar surface area (TPSA) is 48.7 Å². The summed E-state index contributed by atoms with van der Waals surface area (Å²) in [4.78, 5) is 3.85. The van der Waals surface area contributed by atoms with Gasteiger partial charge in [-0.15, -0.1) is 0 Å². The van der Waals surface area contributed by atoms with E-state index in [-0.39, 0.29) is 0 Å². The summed E-state index contributed by atoms with van der Waals surface area (Å²) in [5.41, 5.74) is 1.16. The maximum absolute atomic E-state index is 8.82. The van der Waals surface area contributed by atoms with Gasteiger partial charge in [0.05, 0.1) is 16.3 Å². The maximum atomic E-state index is 8.82. The van der Waals surface area contributed by atoms with E-state index in [2.05, 4.69) is 30.2 Å². The summed E-state index contributed by atoms with van der Waals surface area (Å²) in [6.45, 7) is 4.97. The second kappa shape index (κ2) is 4.83. The number of hydrogen-bond donors (Lipinski definition) is 1. The average molecular weight is 210 g/mol. The molecule has 0 bridgehead atoms. The number of nitrogens with one attached hydrogen (secondary N) is 1. The molecule has 3 nitrogen and oxygen atoms in total. The molecule has 1 rings (SSSR count). The van der Waals surface area contributed by atoms with E-state index in [0.717, 1.165) is 6.54 Å². The third kappa shape index (κ3) is 2.61. The van der Waals surface area contributed by atoms with E-state index in [1.165, 1.54) is 12.4 Å². The second-order valence-corrected chi connectivity index (χ2v) is 3.84. The Hall–Kier alpha value is -1.27. The lowest BCUT2D eigenvalue weighted by Crippen LogP contribution is -2.09. The number of hydrogen-bond acceptors (Lipinski definition) is 3. The van der Waals surface area contributed by atoms with Crippen molar-refractivity contribution in [1.82, 2.24) is 4.98 Å². The number of nitriles is 1. The lowest BCUT2D eigenvalue weighted by atomic mass is 10.2. The largest absolute Gasteiger partial charge is 0.382 e. The van der Waals surface area contributed by atoms with Crippen molar-refractivity contribution in [2.24, 2.45) is 5.92 Å². The first kappa shape index (κ1) is 10.8. The van der Waals surface area contributed by atoms with Crippen LogP contribution in [0.15, 0.2) is 12.4 Å². The normalized spacial score (nSPS) is 9.93. The summed E-state index contributed by atoms with van der Waals surface area (Å²) in [5, 5.41) is 12.4. The van der Waals surface area contributed by atoms with Gasteiger partial charge in [-0.25, -0.2) is 0 Å². The van der Waals surface area contributed by atoms with Crippen LogP contribution in [0.3, 0.4) is 0 Å². The highest BCUT2D eigenvalue weighted by Crippen LogP contribution is 2.24. The zero-order valence-corrected chi connectivity index (χ0v) is 8.97. The second-order valence-electron chi connectivity index (χ2n) is 3.43. The molecule has 1 aromatic rings. The van der Waals surface area contributed by atoms with E-state index in [9.17, 15) is 0 Å². The van der Waals surface area contributed by atoms with Crippen molar-refractivity contribution in [3.63, 3.8) is 0 Å². The SMILES string of the molecule is CC(C)CNc1c(Cl)cncc1C#N. The number of nitrogens with zero attached hydrogens (tertiary/aromatic N) is 2. The predicted octanol–water partition coefficient (Wildman–Crippen LogP) is 2.67. The molecular weight excluding hydrogens is 198 g/mol. The van der Waals surface area contributed by atoms with Gasteiger partial charge in [-0.05, 0) is 5.92 Å². The van der Waals surface area contributed by atoms with Crippen LogP contribution in [0.4, 0.5) is 5.69 Å². The van der Waals surface area contributed by atoms with Gasteiger partial charge in [-0.2, -0.15) is 5.26 Å². The summed E-state index contributed by atoms with van der Waals surface area (Å²) in [7, 11) is 0. The van der Waals surface area contributed by atoms with Crippen molar-refractivity contribution in [1.29, 1.82) is 5.26 Å². The Kier molecular flexibility index (Phi) is 3.73. The van der Waals surface area contributed by atoms with E-state index in [4.69, 9.17) is 16.9 Å². The summed E-state index contributed by atoms with van der Waals surface area (Å²) < 4.78 is 0. The van der Waals surface area contributed by atoms with Gasteiger partial charge in [0.1, 0.15) is 6.07 Å². The molecule has 74 valence electrons. The standard InChI is InChI=1S/C10H12ClN3/c1-7(2)4-14-10-8(3-12)5-13-6-9(10)11/h5-7H,4H2,1-2H3,(H,13,14). The molecule has 0 aliphatic heterocycles. The van der Waals surface area contributed by atoms with Crippen LogP contribution in [0.1, 0.15) is 19.4 Å². The summed E-state index contributed by atoms with van der Waals surface area (Å²) >= 11 is 5.92. The minimum absolute atomic E-state index is 0.484. The van der Waals surface area contributed by atoms with Crippen LogP contribution in [-0.4, -0.2) is 11.5 Å². The molecule has 0 spiro atoms. The fourth-order valence-electron chi connectivity index (χ4n) is 1.01. The minimum atomic E-state index is 0.484. The molecular formula is C10H12ClN3. The Morgan fingerprint density at radius 3 is 2.86 bits per heavy atom. The van der Waals surface area contributed by atoms with Crippen LogP contribution in [0.2, 0.25) is 5.02 Å². The fourth-order valence-corrected chi connectivity index (χ4v) is 1.23. The number of pyridine rings is 1. The van der Waals surface area contributed by atoms with E-state index in [1.54, 1.807) is 0 Å². The monoisotopic (exact) mass is 209 g/mol. The highest BCUT2D eigenvalue weighted by atomic mass is 35.5. The number of aromatic nitrogens is 1. The molecule has 0 radical (unpaired) electrons. The Morgan fingerprint density at radius 2 is 2.29 bits per heavy atom. The molecule has 0 unspecified atom stereocenters. The molecule has 0 saturated heterocycles. The number of halogens is 1. The van der Waals surface area contributed by atoms with Gasteiger partial charge in [0, 0.05) is 18.9 Å². The van der Waals surface area contributed by atoms with Crippen molar-refractivity contribution in [3.05, 3.63) is 23.0 Å². The summed E-state index contributed by atoms with van der Waals surface area (Å²) in [6.07, 6.45) is 3.04. The lowest BCUT2D eigenvalue weighted by Gasteiger charge is -2.11. The van der Waals surface area contributed by atoms with Crippen molar-refractivity contribution in [2.75, 3.05) is 11.9 Å². The van der Waals surface area contributed by atoms with Gasteiger partial charge >= 0.3 is 0 Å². The van der Waals surface area contributed by atoms with Gasteiger partial charge in [-0.1, -0.05) is 25.4 Å². The molecule has 0 atom stereocenters. The first-order valence-electron chi connectivity index (χ1n) is 4.42. The van der Waals surface area contributed by atoms with Gasteiger partial charge in [0.2, 0.25) is 0 Å². The van der Waals surface area contributed by atoms with Gasteiger partial charge < -0.3 is 5.32 Å². The van der Waals surface area contributed by atoms with E-state index >= 15 is 0 Å². The molecule has 4 heteroatoms. The molecule has 1 heterocycles. The van der Waals surface area contributed by atoms with Crippen LogP contribution in [0.25, 0.3) is 0 Å². The third-order valence-corrected chi connectivity index (χ3v) is 1.99. The number of rotatable bonds is 3. The Labute approximate surface area is 88.7 Å². The molecule has 0 aliphatic rings. The van der Waals surface area contributed by atoms with Crippen LogP contribution >= 0.6 is 11.6 Å². The molecule has 0 fully saturated rings. The van der Waals surface area contributed by atoms with Gasteiger partial charge in [0.15, 0.2) is 0 Å². The number of anilines is 1.